The summed E-state index contributed by atoms with van der Waals surface area (Å²) in [5.41, 5.74) is 2.24. The van der Waals surface area contributed by atoms with E-state index in [-0.39, 0.29) is 69.6 Å². The monoisotopic (exact) mass is 834 g/mol. The zero-order chi connectivity index (χ0) is 42.9. The van der Waals surface area contributed by atoms with E-state index in [4.69, 9.17) is 35.0 Å². The Morgan fingerprint density at radius 2 is 0.845 bits per heavy atom. The molecule has 0 aliphatic heterocycles. The average Bonchev–Trinajstić information content (AvgIpc) is 3.18. The molecule has 0 saturated heterocycles. The normalized spacial score (nSPS) is 12.2. The topological polar surface area (TPSA) is 274 Å². The lowest BCUT2D eigenvalue weighted by molar-refractivity contribution is -0.142. The fraction of sp³-hybridized carbons (Fsp3) is 0.850. The van der Waals surface area contributed by atoms with Crippen LogP contribution in [0.1, 0.15) is 141 Å². The van der Waals surface area contributed by atoms with E-state index in [9.17, 15) is 33.9 Å². The van der Waals surface area contributed by atoms with Crippen molar-refractivity contribution in [2.75, 3.05) is 65.9 Å². The lowest BCUT2D eigenvalue weighted by Gasteiger charge is -2.14. The summed E-state index contributed by atoms with van der Waals surface area (Å²) >= 11 is 0. The van der Waals surface area contributed by atoms with Crippen molar-refractivity contribution < 1.29 is 63.0 Å². The minimum Gasteiger partial charge on any atom is -0.481 e. The van der Waals surface area contributed by atoms with Gasteiger partial charge in [0.2, 0.25) is 17.7 Å². The summed E-state index contributed by atoms with van der Waals surface area (Å²) < 4.78 is 21.7. The van der Waals surface area contributed by atoms with Crippen LogP contribution in [-0.2, 0) is 47.7 Å². The first kappa shape index (κ1) is 54.6. The number of nitrogens with two attached hydrogens (primary N) is 1. The number of ether oxygens (including phenoxy) is 4. The molecule has 3 amide bonds. The smallest absolute Gasteiger partial charge is 0.326 e. The highest BCUT2D eigenvalue weighted by Gasteiger charge is 2.21. The molecule has 338 valence electrons. The number of unbranched alkanes of at least 4 members (excludes halogenated alkanes) is 14. The molecule has 0 aromatic rings. The molecule has 0 aliphatic carbocycles. The Balaban J connectivity index is 3.60. The SMILES string of the molecule is NN[C@@H](CCCCNC(=O)CCOCCOCCOCCOCCNC(=O)CC[C@H](NC(=O)CCCCCCCCCCCCCCCCC(=O)O)C(=O)O)C(=O)O. The molecule has 0 radical (unpaired) electrons. The quantitative estimate of drug-likeness (QED) is 0.0248. The van der Waals surface area contributed by atoms with Crippen LogP contribution in [0.5, 0.6) is 0 Å². The molecule has 18 nitrogen and oxygen atoms in total. The molecule has 0 aliphatic rings. The molecule has 0 aromatic carbocycles. The van der Waals surface area contributed by atoms with E-state index in [0.29, 0.717) is 71.9 Å². The third kappa shape index (κ3) is 38.1. The van der Waals surface area contributed by atoms with Gasteiger partial charge < -0.3 is 50.2 Å². The summed E-state index contributed by atoms with van der Waals surface area (Å²) in [6, 6.07) is -1.91. The van der Waals surface area contributed by atoms with E-state index >= 15 is 0 Å². The van der Waals surface area contributed by atoms with Crippen LogP contribution in [0.3, 0.4) is 0 Å². The summed E-state index contributed by atoms with van der Waals surface area (Å²) in [4.78, 5) is 69.3. The third-order valence-electron chi connectivity index (χ3n) is 9.24. The number of carbonyl (C=O) groups excluding carboxylic acids is 3. The number of hydrogen-bond donors (Lipinski definition) is 8. The number of nitrogens with one attached hydrogen (secondary N) is 4. The number of hydrazine groups is 1. The van der Waals surface area contributed by atoms with E-state index in [1.165, 1.54) is 44.9 Å². The second-order valence-corrected chi connectivity index (χ2v) is 14.3. The molecule has 0 unspecified atom stereocenters. The molecule has 0 bridgehead atoms. The van der Waals surface area contributed by atoms with E-state index in [2.05, 4.69) is 21.4 Å². The summed E-state index contributed by atoms with van der Waals surface area (Å²) in [5.74, 6) is 1.51. The highest BCUT2D eigenvalue weighted by atomic mass is 16.6. The van der Waals surface area contributed by atoms with Gasteiger partial charge in [-0.1, -0.05) is 77.0 Å². The van der Waals surface area contributed by atoms with Gasteiger partial charge in [-0.05, 0) is 38.5 Å². The van der Waals surface area contributed by atoms with Gasteiger partial charge in [0.15, 0.2) is 0 Å². The highest BCUT2D eigenvalue weighted by Crippen LogP contribution is 2.14. The molecule has 0 aromatic heterocycles. The molecule has 9 N–H and O–H groups in total. The molecule has 0 saturated carbocycles. The third-order valence-corrected chi connectivity index (χ3v) is 9.24. The number of rotatable bonds is 44. The van der Waals surface area contributed by atoms with Crippen molar-refractivity contribution in [2.24, 2.45) is 5.84 Å². The van der Waals surface area contributed by atoms with Gasteiger partial charge in [0.05, 0.1) is 52.9 Å². The van der Waals surface area contributed by atoms with Crippen molar-refractivity contribution in [3.63, 3.8) is 0 Å². The van der Waals surface area contributed by atoms with Crippen LogP contribution in [0, 0.1) is 0 Å². The van der Waals surface area contributed by atoms with E-state index < -0.39 is 30.0 Å². The molecule has 0 heterocycles. The van der Waals surface area contributed by atoms with Crippen LogP contribution >= 0.6 is 0 Å². The van der Waals surface area contributed by atoms with Gasteiger partial charge in [0, 0.05) is 38.8 Å². The Morgan fingerprint density at radius 1 is 0.414 bits per heavy atom. The Labute approximate surface area is 344 Å². The summed E-state index contributed by atoms with van der Waals surface area (Å²) in [6.07, 6.45) is 17.5. The Kier molecular flexibility index (Phi) is 38.0. The van der Waals surface area contributed by atoms with E-state index in [1.807, 2.05) is 0 Å². The number of carbonyl (C=O) groups is 6. The van der Waals surface area contributed by atoms with Crippen LogP contribution in [0.4, 0.5) is 0 Å². The maximum absolute atomic E-state index is 12.3. The Hall–Kier alpha value is -3.42. The zero-order valence-corrected chi connectivity index (χ0v) is 34.8. The van der Waals surface area contributed by atoms with Crippen LogP contribution in [0.2, 0.25) is 0 Å². The second kappa shape index (κ2) is 40.4. The van der Waals surface area contributed by atoms with Crippen molar-refractivity contribution in [2.45, 2.75) is 153 Å². The first-order valence-electron chi connectivity index (χ1n) is 21.3. The van der Waals surface area contributed by atoms with Gasteiger partial charge >= 0.3 is 17.9 Å². The van der Waals surface area contributed by atoms with Crippen LogP contribution in [0.15, 0.2) is 0 Å². The summed E-state index contributed by atoms with van der Waals surface area (Å²) in [7, 11) is 0. The minimum atomic E-state index is -1.17. The fourth-order valence-corrected chi connectivity index (χ4v) is 5.83. The largest absolute Gasteiger partial charge is 0.481 e. The molecule has 0 fully saturated rings. The predicted molar refractivity (Wildman–Crippen MR) is 217 cm³/mol. The lowest BCUT2D eigenvalue weighted by atomic mass is 10.0. The van der Waals surface area contributed by atoms with Gasteiger partial charge in [-0.3, -0.25) is 29.8 Å². The maximum atomic E-state index is 12.3. The van der Waals surface area contributed by atoms with Gasteiger partial charge in [-0.15, -0.1) is 0 Å². The average molecular weight is 834 g/mol. The molecule has 0 rings (SSSR count). The van der Waals surface area contributed by atoms with Gasteiger partial charge in [-0.2, -0.15) is 0 Å². The molecular formula is C40H75N5O13. The fourth-order valence-electron chi connectivity index (χ4n) is 5.83. The molecule has 58 heavy (non-hydrogen) atoms. The lowest BCUT2D eigenvalue weighted by Crippen LogP contribution is -2.41. The number of hydrogen-bond acceptors (Lipinski definition) is 12. The number of carboxylic acid groups (broad SMARTS) is 3. The summed E-state index contributed by atoms with van der Waals surface area (Å²) in [5, 5.41) is 35.0. The predicted octanol–water partition coefficient (Wildman–Crippen LogP) is 3.44. The number of carboxylic acids is 3. The van der Waals surface area contributed by atoms with Gasteiger partial charge in [0.25, 0.3) is 0 Å². The minimum absolute atomic E-state index is 0.00497. The van der Waals surface area contributed by atoms with Crippen molar-refractivity contribution in [3.05, 3.63) is 0 Å². The van der Waals surface area contributed by atoms with Gasteiger partial charge in [-0.25, -0.2) is 10.2 Å². The number of aliphatic carboxylic acids is 3. The van der Waals surface area contributed by atoms with Crippen LogP contribution in [0.25, 0.3) is 0 Å². The second-order valence-electron chi connectivity index (χ2n) is 14.3. The van der Waals surface area contributed by atoms with Crippen molar-refractivity contribution >= 4 is 35.6 Å². The van der Waals surface area contributed by atoms with E-state index in [0.717, 1.165) is 38.5 Å². The Bertz CT molecular complexity index is 1090. The number of amides is 3. The standard InChI is InChI=1S/C40H75N5O13/c41-45-34(40(53)54)17-15-16-23-42-36(47)22-25-55-27-29-57-31-32-58-30-28-56-26-24-43-35(46)21-20-33(39(51)52)44-37(48)18-13-11-9-7-5-3-1-2-4-6-8-10-12-14-19-38(49)50/h33-34,45H,1-32,41H2,(H,42,47)(H,43,46)(H,44,48)(H,49,50)(H,51,52)(H,53,54)/t33-,34-/m0/s1. The Morgan fingerprint density at radius 3 is 1.33 bits per heavy atom. The zero-order valence-electron chi connectivity index (χ0n) is 34.8. The molecular weight excluding hydrogens is 758 g/mol. The maximum Gasteiger partial charge on any atom is 0.326 e. The van der Waals surface area contributed by atoms with Crippen molar-refractivity contribution in [1.82, 2.24) is 21.4 Å². The first-order valence-corrected chi connectivity index (χ1v) is 21.3. The molecule has 2 atom stereocenters. The van der Waals surface area contributed by atoms with Crippen molar-refractivity contribution in [1.29, 1.82) is 0 Å². The highest BCUT2D eigenvalue weighted by molar-refractivity contribution is 5.84. The van der Waals surface area contributed by atoms with Gasteiger partial charge in [0.1, 0.15) is 12.1 Å². The molecule has 18 heteroatoms. The van der Waals surface area contributed by atoms with Crippen LogP contribution < -0.4 is 27.2 Å². The van der Waals surface area contributed by atoms with Crippen molar-refractivity contribution in [3.8, 4) is 0 Å². The molecule has 0 spiro atoms. The van der Waals surface area contributed by atoms with E-state index in [1.54, 1.807) is 0 Å². The summed E-state index contributed by atoms with van der Waals surface area (Å²) in [6.45, 7) is 3.32. The van der Waals surface area contributed by atoms with Crippen LogP contribution in [-0.4, -0.2) is 129 Å². The first-order chi connectivity index (χ1) is 28.1.